The molecule has 1 aromatic heterocycles. The van der Waals surface area contributed by atoms with Crippen LogP contribution >= 0.6 is 0 Å². The first-order chi connectivity index (χ1) is 10.7. The Hall–Kier alpha value is -2.07. The zero-order chi connectivity index (χ0) is 17.2. The molecule has 10 heteroatoms. The highest BCUT2D eigenvalue weighted by atomic mass is 32.2. The molecule has 0 aliphatic rings. The first-order valence-electron chi connectivity index (χ1n) is 6.51. The Morgan fingerprint density at radius 1 is 1.48 bits per heavy atom. The summed E-state index contributed by atoms with van der Waals surface area (Å²) in [6, 6.07) is 4.76. The van der Waals surface area contributed by atoms with E-state index in [1.54, 1.807) is 18.2 Å². The van der Waals surface area contributed by atoms with Crippen molar-refractivity contribution in [3.8, 4) is 0 Å². The Bertz CT molecular complexity index is 873. The van der Waals surface area contributed by atoms with Crippen LogP contribution < -0.4 is 10.0 Å². The lowest BCUT2D eigenvalue weighted by Crippen LogP contribution is -2.33. The van der Waals surface area contributed by atoms with Crippen molar-refractivity contribution in [1.29, 1.82) is 0 Å². The van der Waals surface area contributed by atoms with Crippen LogP contribution in [0.3, 0.4) is 0 Å². The maximum absolute atomic E-state index is 12.0. The van der Waals surface area contributed by atoms with Crippen LogP contribution in [-0.2, 0) is 20.8 Å². The van der Waals surface area contributed by atoms with Crippen LogP contribution in [0.1, 0.15) is 5.56 Å². The summed E-state index contributed by atoms with van der Waals surface area (Å²) < 4.78 is 41.7. The Morgan fingerprint density at radius 2 is 2.17 bits per heavy atom. The minimum Gasteiger partial charge on any atom is -0.463 e. The molecule has 0 saturated heterocycles. The zero-order valence-corrected chi connectivity index (χ0v) is 14.2. The first kappa shape index (κ1) is 17.3. The molecule has 1 heterocycles. The first-order valence-corrected chi connectivity index (χ1v) is 10.1. The number of oxime groups is 1. The Labute approximate surface area is 136 Å². The summed E-state index contributed by atoms with van der Waals surface area (Å²) in [4.78, 5) is 0. The van der Waals surface area contributed by atoms with E-state index in [0.717, 1.165) is 6.26 Å². The molecule has 1 unspecified atom stereocenters. The lowest BCUT2D eigenvalue weighted by molar-refractivity contribution is 0.318. The van der Waals surface area contributed by atoms with Gasteiger partial charge in [0.25, 0.3) is 0 Å². The van der Waals surface area contributed by atoms with E-state index in [1.807, 2.05) is 0 Å². The SMILES string of the molecule is CS(=O)CCN(c1ccc2c(C(N)=NO)coc2c1)S(C)(=O)=O. The molecule has 126 valence electrons. The molecule has 0 saturated carbocycles. The number of anilines is 1. The van der Waals surface area contributed by atoms with Crippen molar-refractivity contribution >= 4 is 43.3 Å². The largest absolute Gasteiger partial charge is 0.463 e. The molecule has 0 amide bonds. The summed E-state index contributed by atoms with van der Waals surface area (Å²) in [5.74, 6) is 0.122. The van der Waals surface area contributed by atoms with Crippen LogP contribution in [0.2, 0.25) is 0 Å². The third-order valence-electron chi connectivity index (χ3n) is 3.21. The molecule has 2 rings (SSSR count). The fourth-order valence-electron chi connectivity index (χ4n) is 2.12. The second kappa shape index (κ2) is 6.59. The highest BCUT2D eigenvalue weighted by Crippen LogP contribution is 2.27. The van der Waals surface area contributed by atoms with Gasteiger partial charge in [0.15, 0.2) is 5.84 Å². The number of fused-ring (bicyclic) bond motifs is 1. The minimum atomic E-state index is -3.53. The lowest BCUT2D eigenvalue weighted by Gasteiger charge is -2.21. The van der Waals surface area contributed by atoms with E-state index < -0.39 is 20.8 Å². The Morgan fingerprint density at radius 3 is 2.74 bits per heavy atom. The molecule has 2 aromatic rings. The average Bonchev–Trinajstić information content (AvgIpc) is 2.88. The summed E-state index contributed by atoms with van der Waals surface area (Å²) in [6.45, 7) is 0.0985. The molecule has 0 spiro atoms. The van der Waals surface area contributed by atoms with Crippen LogP contribution in [0, 0.1) is 0 Å². The van der Waals surface area contributed by atoms with E-state index in [0.29, 0.717) is 22.2 Å². The number of nitrogens with two attached hydrogens (primary N) is 1. The van der Waals surface area contributed by atoms with Gasteiger partial charge in [-0.05, 0) is 12.1 Å². The number of nitrogens with zero attached hydrogens (tertiary/aromatic N) is 2. The third-order valence-corrected chi connectivity index (χ3v) is 5.16. The number of furan rings is 1. The third kappa shape index (κ3) is 3.82. The fraction of sp³-hybridized carbons (Fsp3) is 0.308. The van der Waals surface area contributed by atoms with Gasteiger partial charge in [0.05, 0.1) is 17.5 Å². The van der Waals surface area contributed by atoms with Crippen molar-refractivity contribution in [2.45, 2.75) is 0 Å². The van der Waals surface area contributed by atoms with Crippen LogP contribution in [0.15, 0.2) is 34.0 Å². The zero-order valence-electron chi connectivity index (χ0n) is 12.6. The standard InChI is InChI=1S/C13H17N3O5S2/c1-22(18)6-5-16(23(2,19)20)9-3-4-10-11(13(14)15-17)8-21-12(10)7-9/h3-4,7-8,17H,5-6H2,1-2H3,(H2,14,15). The van der Waals surface area contributed by atoms with E-state index >= 15 is 0 Å². The summed E-state index contributed by atoms with van der Waals surface area (Å²) in [5.41, 5.74) is 6.76. The molecule has 1 aromatic carbocycles. The predicted octanol–water partition coefficient (Wildman–Crippen LogP) is 0.672. The van der Waals surface area contributed by atoms with Gasteiger partial charge in [0, 0.05) is 40.8 Å². The summed E-state index contributed by atoms with van der Waals surface area (Å²) >= 11 is 0. The molecular weight excluding hydrogens is 342 g/mol. The summed E-state index contributed by atoms with van der Waals surface area (Å²) in [7, 11) is -4.64. The van der Waals surface area contributed by atoms with Crippen molar-refractivity contribution in [2.24, 2.45) is 10.9 Å². The van der Waals surface area contributed by atoms with Gasteiger partial charge in [-0.2, -0.15) is 0 Å². The average molecular weight is 359 g/mol. The second-order valence-corrected chi connectivity index (χ2v) is 8.39. The van der Waals surface area contributed by atoms with Gasteiger partial charge in [-0.25, -0.2) is 8.42 Å². The maximum atomic E-state index is 12.0. The topological polar surface area (TPSA) is 126 Å². The molecule has 0 bridgehead atoms. The number of amidine groups is 1. The lowest BCUT2D eigenvalue weighted by atomic mass is 10.1. The molecule has 0 aliphatic carbocycles. The normalized spacial score (nSPS) is 14.1. The molecular formula is C13H17N3O5S2. The highest BCUT2D eigenvalue weighted by molar-refractivity contribution is 7.92. The van der Waals surface area contributed by atoms with E-state index in [-0.39, 0.29) is 18.1 Å². The molecule has 8 nitrogen and oxygen atoms in total. The smallest absolute Gasteiger partial charge is 0.232 e. The van der Waals surface area contributed by atoms with E-state index in [1.165, 1.54) is 16.8 Å². The number of benzene rings is 1. The van der Waals surface area contributed by atoms with Gasteiger partial charge < -0.3 is 15.4 Å². The van der Waals surface area contributed by atoms with Crippen molar-refractivity contribution < 1.29 is 22.3 Å². The minimum absolute atomic E-state index is 0.0985. The molecule has 0 aliphatic heterocycles. The van der Waals surface area contributed by atoms with E-state index in [9.17, 15) is 12.6 Å². The Kier molecular flexibility index (Phi) is 4.95. The van der Waals surface area contributed by atoms with Crippen molar-refractivity contribution in [3.63, 3.8) is 0 Å². The van der Waals surface area contributed by atoms with Crippen LogP contribution in [0.4, 0.5) is 5.69 Å². The molecule has 3 N–H and O–H groups in total. The van der Waals surface area contributed by atoms with Crippen molar-refractivity contribution in [2.75, 3.05) is 29.1 Å². The fourth-order valence-corrected chi connectivity index (χ4v) is 3.60. The Balaban J connectivity index is 2.47. The van der Waals surface area contributed by atoms with Gasteiger partial charge in [0.1, 0.15) is 11.8 Å². The summed E-state index contributed by atoms with van der Waals surface area (Å²) in [5, 5.41) is 12.3. The number of rotatable bonds is 6. The van der Waals surface area contributed by atoms with Crippen molar-refractivity contribution in [3.05, 3.63) is 30.0 Å². The van der Waals surface area contributed by atoms with Crippen LogP contribution in [0.5, 0.6) is 0 Å². The number of hydrogen-bond acceptors (Lipinski definition) is 6. The molecule has 1 atom stereocenters. The number of hydrogen-bond donors (Lipinski definition) is 2. The second-order valence-electron chi connectivity index (χ2n) is 4.93. The van der Waals surface area contributed by atoms with Gasteiger partial charge in [0.2, 0.25) is 10.0 Å². The predicted molar refractivity (Wildman–Crippen MR) is 89.8 cm³/mol. The van der Waals surface area contributed by atoms with Gasteiger partial charge in [-0.1, -0.05) is 5.16 Å². The number of sulfonamides is 1. The van der Waals surface area contributed by atoms with Gasteiger partial charge >= 0.3 is 0 Å². The monoisotopic (exact) mass is 359 g/mol. The summed E-state index contributed by atoms with van der Waals surface area (Å²) in [6.07, 6.45) is 3.93. The molecule has 23 heavy (non-hydrogen) atoms. The van der Waals surface area contributed by atoms with Crippen molar-refractivity contribution in [1.82, 2.24) is 0 Å². The van der Waals surface area contributed by atoms with E-state index in [4.69, 9.17) is 15.4 Å². The quantitative estimate of drug-likeness (QED) is 0.338. The van der Waals surface area contributed by atoms with E-state index in [2.05, 4.69) is 5.16 Å². The molecule has 0 fully saturated rings. The maximum Gasteiger partial charge on any atom is 0.232 e. The van der Waals surface area contributed by atoms with Gasteiger partial charge in [-0.15, -0.1) is 0 Å². The van der Waals surface area contributed by atoms with Gasteiger partial charge in [-0.3, -0.25) is 8.51 Å². The van der Waals surface area contributed by atoms with Crippen LogP contribution in [-0.4, -0.2) is 48.5 Å². The van der Waals surface area contributed by atoms with Crippen LogP contribution in [0.25, 0.3) is 11.0 Å². The molecule has 0 radical (unpaired) electrons. The highest BCUT2D eigenvalue weighted by Gasteiger charge is 2.19.